The van der Waals surface area contributed by atoms with Gasteiger partial charge < -0.3 is 10.6 Å². The second-order valence-electron chi connectivity index (χ2n) is 5.73. The Morgan fingerprint density at radius 2 is 2.04 bits per heavy atom. The van der Waals surface area contributed by atoms with Gasteiger partial charge in [-0.1, -0.05) is 22.8 Å². The predicted molar refractivity (Wildman–Crippen MR) is 96.6 cm³/mol. The molecule has 1 aromatic carbocycles. The van der Waals surface area contributed by atoms with Crippen LogP contribution in [-0.4, -0.2) is 31.1 Å². The summed E-state index contributed by atoms with van der Waals surface area (Å²) in [5.41, 5.74) is 2.46. The number of rotatable bonds is 3. The van der Waals surface area contributed by atoms with Gasteiger partial charge >= 0.3 is 0 Å². The van der Waals surface area contributed by atoms with E-state index in [0.29, 0.717) is 33.6 Å². The molecule has 0 saturated heterocycles. The third-order valence-electron chi connectivity index (χ3n) is 4.03. The number of fused-ring (bicyclic) bond motifs is 1. The second-order valence-corrected chi connectivity index (χ2v) is 6.17. The molecular weight excluding hydrogens is 354 g/mol. The number of carbonyl (C=O) groups is 1. The Morgan fingerprint density at radius 3 is 2.77 bits per heavy atom. The van der Waals surface area contributed by atoms with E-state index in [0.717, 1.165) is 0 Å². The fourth-order valence-corrected chi connectivity index (χ4v) is 2.98. The van der Waals surface area contributed by atoms with E-state index in [2.05, 4.69) is 31.1 Å². The lowest BCUT2D eigenvalue weighted by Gasteiger charge is -2.27. The lowest BCUT2D eigenvalue weighted by atomic mass is 9.98. The van der Waals surface area contributed by atoms with Crippen molar-refractivity contribution in [2.45, 2.75) is 13.0 Å². The number of benzene rings is 1. The Morgan fingerprint density at radius 1 is 1.23 bits per heavy atom. The van der Waals surface area contributed by atoms with Crippen molar-refractivity contribution in [3.63, 3.8) is 0 Å². The Bertz CT molecular complexity index is 982. The fourth-order valence-electron chi connectivity index (χ4n) is 2.85. The number of anilines is 2. The molecule has 0 spiro atoms. The van der Waals surface area contributed by atoms with Crippen molar-refractivity contribution >= 4 is 29.1 Å². The minimum atomic E-state index is -0.533. The summed E-state index contributed by atoms with van der Waals surface area (Å²) >= 11 is 5.90. The van der Waals surface area contributed by atoms with Gasteiger partial charge in [0.2, 0.25) is 5.95 Å². The minimum absolute atomic E-state index is 0.269. The molecule has 0 aliphatic carbocycles. The van der Waals surface area contributed by atoms with Crippen LogP contribution in [0.5, 0.6) is 0 Å². The molecule has 0 radical (unpaired) electrons. The maximum absolute atomic E-state index is 13.0. The van der Waals surface area contributed by atoms with Gasteiger partial charge in [0.15, 0.2) is 0 Å². The van der Waals surface area contributed by atoms with Gasteiger partial charge in [-0.15, -0.1) is 0 Å². The van der Waals surface area contributed by atoms with E-state index in [4.69, 9.17) is 11.6 Å². The summed E-state index contributed by atoms with van der Waals surface area (Å²) in [4.78, 5) is 17.4. The van der Waals surface area contributed by atoms with Crippen LogP contribution in [0.4, 0.5) is 11.6 Å². The number of amides is 1. The normalized spacial score (nSPS) is 16.0. The summed E-state index contributed by atoms with van der Waals surface area (Å²) in [5, 5.41) is 18.2. The number of hydrogen-bond donors (Lipinski definition) is 2. The maximum atomic E-state index is 13.0. The topological polar surface area (TPSA) is 97.6 Å². The monoisotopic (exact) mass is 367 g/mol. The Kier molecular flexibility index (Phi) is 4.10. The second kappa shape index (κ2) is 6.57. The molecule has 2 N–H and O–H groups in total. The average molecular weight is 368 g/mol. The first kappa shape index (κ1) is 16.2. The number of aromatic nitrogens is 5. The van der Waals surface area contributed by atoms with Crippen LogP contribution < -0.4 is 10.6 Å². The number of tetrazole rings is 1. The van der Waals surface area contributed by atoms with Crippen molar-refractivity contribution in [3.8, 4) is 0 Å². The highest BCUT2D eigenvalue weighted by molar-refractivity contribution is 6.30. The Labute approximate surface area is 153 Å². The smallest absolute Gasteiger partial charge is 0.255 e. The first-order chi connectivity index (χ1) is 12.6. The lowest BCUT2D eigenvalue weighted by Crippen LogP contribution is -2.32. The summed E-state index contributed by atoms with van der Waals surface area (Å²) in [6.45, 7) is 1.81. The van der Waals surface area contributed by atoms with Crippen LogP contribution in [-0.2, 0) is 4.79 Å². The van der Waals surface area contributed by atoms with Gasteiger partial charge in [-0.05, 0) is 53.7 Å². The van der Waals surface area contributed by atoms with Crippen LogP contribution in [0.3, 0.4) is 0 Å². The molecule has 1 aliphatic heterocycles. The van der Waals surface area contributed by atoms with E-state index in [1.165, 1.54) is 0 Å². The van der Waals surface area contributed by atoms with Gasteiger partial charge in [0.1, 0.15) is 6.04 Å². The fraction of sp³-hybridized carbons (Fsp3) is 0.118. The van der Waals surface area contributed by atoms with E-state index in [1.54, 1.807) is 35.1 Å². The van der Waals surface area contributed by atoms with Crippen molar-refractivity contribution in [1.82, 2.24) is 25.2 Å². The largest absolute Gasteiger partial charge is 0.326 e. The highest BCUT2D eigenvalue weighted by atomic mass is 35.5. The van der Waals surface area contributed by atoms with Crippen LogP contribution in [0.15, 0.2) is 59.9 Å². The molecule has 0 fully saturated rings. The summed E-state index contributed by atoms with van der Waals surface area (Å²) in [5.74, 6) is 0.190. The van der Waals surface area contributed by atoms with E-state index in [1.807, 2.05) is 25.1 Å². The molecule has 3 aromatic rings. The molecule has 1 unspecified atom stereocenters. The maximum Gasteiger partial charge on any atom is 0.255 e. The zero-order valence-electron chi connectivity index (χ0n) is 13.7. The Balaban J connectivity index is 1.74. The molecule has 9 heteroatoms. The van der Waals surface area contributed by atoms with Crippen LogP contribution in [0.2, 0.25) is 5.02 Å². The SMILES string of the molecule is CC1=C(C(=O)Nc2ccc(Cl)cc2)C(c2ccccn2)n2nnnc2N1. The molecule has 3 heterocycles. The lowest BCUT2D eigenvalue weighted by molar-refractivity contribution is -0.113. The molecule has 4 rings (SSSR count). The van der Waals surface area contributed by atoms with Gasteiger partial charge in [0, 0.05) is 22.6 Å². The first-order valence-corrected chi connectivity index (χ1v) is 8.25. The molecule has 0 bridgehead atoms. The molecule has 1 aliphatic rings. The van der Waals surface area contributed by atoms with Crippen LogP contribution in [0, 0.1) is 0 Å². The highest BCUT2D eigenvalue weighted by Gasteiger charge is 2.34. The summed E-state index contributed by atoms with van der Waals surface area (Å²) < 4.78 is 1.55. The molecule has 0 saturated carbocycles. The average Bonchev–Trinajstić information content (AvgIpc) is 3.11. The van der Waals surface area contributed by atoms with Crippen LogP contribution in [0.1, 0.15) is 18.7 Å². The first-order valence-electron chi connectivity index (χ1n) is 7.87. The zero-order valence-corrected chi connectivity index (χ0v) is 14.5. The quantitative estimate of drug-likeness (QED) is 0.738. The number of halogens is 1. The number of allylic oxidation sites excluding steroid dienone is 1. The molecule has 1 atom stereocenters. The van der Waals surface area contributed by atoms with Gasteiger partial charge in [-0.3, -0.25) is 9.78 Å². The van der Waals surface area contributed by atoms with Gasteiger partial charge in [-0.25, -0.2) is 0 Å². The van der Waals surface area contributed by atoms with Crippen molar-refractivity contribution < 1.29 is 4.79 Å². The van der Waals surface area contributed by atoms with Crippen molar-refractivity contribution in [3.05, 3.63) is 70.6 Å². The van der Waals surface area contributed by atoms with Gasteiger partial charge in [0.25, 0.3) is 5.91 Å². The highest BCUT2D eigenvalue weighted by Crippen LogP contribution is 2.33. The molecule has 26 heavy (non-hydrogen) atoms. The molecular formula is C17H14ClN7O. The van der Waals surface area contributed by atoms with Crippen molar-refractivity contribution in [2.75, 3.05) is 10.6 Å². The number of hydrogen-bond acceptors (Lipinski definition) is 6. The molecule has 8 nitrogen and oxygen atoms in total. The van der Waals surface area contributed by atoms with Crippen LogP contribution in [0.25, 0.3) is 0 Å². The van der Waals surface area contributed by atoms with E-state index >= 15 is 0 Å². The minimum Gasteiger partial charge on any atom is -0.326 e. The third-order valence-corrected chi connectivity index (χ3v) is 4.28. The van der Waals surface area contributed by atoms with E-state index in [9.17, 15) is 4.79 Å². The summed E-state index contributed by atoms with van der Waals surface area (Å²) in [6, 6.07) is 11.9. The number of nitrogens with zero attached hydrogens (tertiary/aromatic N) is 5. The van der Waals surface area contributed by atoms with Gasteiger partial charge in [-0.2, -0.15) is 4.68 Å². The van der Waals surface area contributed by atoms with Crippen LogP contribution >= 0.6 is 11.6 Å². The molecule has 130 valence electrons. The van der Waals surface area contributed by atoms with Crippen molar-refractivity contribution in [1.29, 1.82) is 0 Å². The third kappa shape index (κ3) is 2.91. The number of pyridine rings is 1. The molecule has 1 amide bonds. The summed E-state index contributed by atoms with van der Waals surface area (Å²) in [6.07, 6.45) is 1.67. The molecule has 2 aromatic heterocycles. The van der Waals surface area contributed by atoms with Crippen molar-refractivity contribution in [2.24, 2.45) is 0 Å². The summed E-state index contributed by atoms with van der Waals surface area (Å²) in [7, 11) is 0. The van der Waals surface area contributed by atoms with E-state index < -0.39 is 6.04 Å². The number of nitrogens with one attached hydrogen (secondary N) is 2. The Hall–Kier alpha value is -3.26. The standard InChI is InChI=1S/C17H14ClN7O/c1-10-14(16(26)21-12-7-5-11(18)6-8-12)15(13-4-2-3-9-19-13)25-17(20-10)22-23-24-25/h2-9,15H,1H3,(H,21,26)(H,20,22,24). The van der Waals surface area contributed by atoms with Gasteiger partial charge in [0.05, 0.1) is 11.3 Å². The zero-order chi connectivity index (χ0) is 18.1. The van der Waals surface area contributed by atoms with E-state index in [-0.39, 0.29) is 5.91 Å². The number of carbonyl (C=O) groups excluding carboxylic acids is 1. The predicted octanol–water partition coefficient (Wildman–Crippen LogP) is 2.65.